The van der Waals surface area contributed by atoms with Gasteiger partial charge >= 0.3 is 0 Å². The molecule has 0 aromatic heterocycles. The van der Waals surface area contributed by atoms with Crippen LogP contribution in [-0.2, 0) is 6.54 Å². The van der Waals surface area contributed by atoms with Crippen LogP contribution in [0.3, 0.4) is 0 Å². The van der Waals surface area contributed by atoms with E-state index in [1.165, 1.54) is 12.8 Å². The highest BCUT2D eigenvalue weighted by atomic mass is 35.5. The number of rotatable bonds is 7. The Labute approximate surface area is 114 Å². The standard InChI is InChI=1S/C14H22ClN3/c1-3-5-8-18(4-2)10-12-7-6-11(14(16)17)9-13(12)15/h6-7,9H,3-5,8,10H2,1-2H3,(H3,16,17). The average molecular weight is 268 g/mol. The molecule has 0 saturated carbocycles. The molecule has 1 rings (SSSR count). The summed E-state index contributed by atoms with van der Waals surface area (Å²) in [7, 11) is 0. The summed E-state index contributed by atoms with van der Waals surface area (Å²) in [5.41, 5.74) is 7.22. The van der Waals surface area contributed by atoms with Crippen LogP contribution in [0.2, 0.25) is 5.02 Å². The Morgan fingerprint density at radius 1 is 1.39 bits per heavy atom. The fourth-order valence-electron chi connectivity index (χ4n) is 1.81. The minimum atomic E-state index is 0.0572. The Bertz CT molecular complexity index is 404. The molecule has 0 atom stereocenters. The number of hydrogen-bond acceptors (Lipinski definition) is 2. The smallest absolute Gasteiger partial charge is 0.122 e. The van der Waals surface area contributed by atoms with Gasteiger partial charge in [-0.05, 0) is 31.1 Å². The summed E-state index contributed by atoms with van der Waals surface area (Å²) in [5.74, 6) is 0.0572. The third kappa shape index (κ3) is 4.31. The monoisotopic (exact) mass is 267 g/mol. The van der Waals surface area contributed by atoms with Gasteiger partial charge in [0, 0.05) is 17.1 Å². The summed E-state index contributed by atoms with van der Waals surface area (Å²) in [6, 6.07) is 5.60. The van der Waals surface area contributed by atoms with Gasteiger partial charge in [-0.2, -0.15) is 0 Å². The van der Waals surface area contributed by atoms with Crippen LogP contribution < -0.4 is 5.73 Å². The number of hydrogen-bond donors (Lipinski definition) is 2. The quantitative estimate of drug-likeness (QED) is 0.589. The Morgan fingerprint density at radius 2 is 2.11 bits per heavy atom. The normalized spacial score (nSPS) is 10.9. The second kappa shape index (κ2) is 7.39. The third-order valence-corrected chi connectivity index (χ3v) is 3.38. The van der Waals surface area contributed by atoms with Crippen molar-refractivity contribution < 1.29 is 0 Å². The molecule has 1 aromatic rings. The van der Waals surface area contributed by atoms with E-state index >= 15 is 0 Å². The van der Waals surface area contributed by atoms with Crippen LogP contribution in [0.1, 0.15) is 37.8 Å². The lowest BCUT2D eigenvalue weighted by Gasteiger charge is -2.21. The first-order valence-electron chi connectivity index (χ1n) is 6.43. The second-order valence-corrected chi connectivity index (χ2v) is 4.85. The van der Waals surface area contributed by atoms with E-state index in [0.29, 0.717) is 10.6 Å². The highest BCUT2D eigenvalue weighted by Gasteiger charge is 2.08. The van der Waals surface area contributed by atoms with Crippen molar-refractivity contribution in [3.63, 3.8) is 0 Å². The topological polar surface area (TPSA) is 53.1 Å². The van der Waals surface area contributed by atoms with Crippen molar-refractivity contribution >= 4 is 17.4 Å². The van der Waals surface area contributed by atoms with Gasteiger partial charge in [0.1, 0.15) is 5.84 Å². The summed E-state index contributed by atoms with van der Waals surface area (Å²) in [6.07, 6.45) is 2.41. The van der Waals surface area contributed by atoms with E-state index in [-0.39, 0.29) is 5.84 Å². The first kappa shape index (κ1) is 15.0. The molecule has 0 amide bonds. The van der Waals surface area contributed by atoms with E-state index < -0.39 is 0 Å². The average Bonchev–Trinajstić information content (AvgIpc) is 2.35. The van der Waals surface area contributed by atoms with Crippen molar-refractivity contribution in [1.82, 2.24) is 4.90 Å². The van der Waals surface area contributed by atoms with E-state index in [9.17, 15) is 0 Å². The number of amidine groups is 1. The molecule has 0 saturated heterocycles. The Balaban J connectivity index is 2.74. The fraction of sp³-hybridized carbons (Fsp3) is 0.500. The van der Waals surface area contributed by atoms with Gasteiger partial charge in [-0.1, -0.05) is 44.0 Å². The predicted octanol–water partition coefficient (Wildman–Crippen LogP) is 3.25. The molecule has 3 nitrogen and oxygen atoms in total. The summed E-state index contributed by atoms with van der Waals surface area (Å²) in [6.45, 7) is 7.33. The molecule has 0 spiro atoms. The number of halogens is 1. The van der Waals surface area contributed by atoms with Crippen LogP contribution in [0.25, 0.3) is 0 Å². The first-order valence-corrected chi connectivity index (χ1v) is 6.81. The highest BCUT2D eigenvalue weighted by Crippen LogP contribution is 2.19. The predicted molar refractivity (Wildman–Crippen MR) is 78.3 cm³/mol. The van der Waals surface area contributed by atoms with Crippen LogP contribution in [0.15, 0.2) is 18.2 Å². The van der Waals surface area contributed by atoms with E-state index in [1.54, 1.807) is 6.07 Å². The summed E-state index contributed by atoms with van der Waals surface area (Å²) in [4.78, 5) is 2.37. The van der Waals surface area contributed by atoms with E-state index in [4.69, 9.17) is 22.7 Å². The second-order valence-electron chi connectivity index (χ2n) is 4.44. The SMILES string of the molecule is CCCCN(CC)Cc1ccc(C(=N)N)cc1Cl. The van der Waals surface area contributed by atoms with E-state index in [0.717, 1.165) is 25.2 Å². The van der Waals surface area contributed by atoms with Gasteiger partial charge in [0.2, 0.25) is 0 Å². The van der Waals surface area contributed by atoms with E-state index in [2.05, 4.69) is 18.7 Å². The molecule has 0 heterocycles. The van der Waals surface area contributed by atoms with Gasteiger partial charge in [-0.25, -0.2) is 0 Å². The minimum absolute atomic E-state index is 0.0572. The molecule has 0 aliphatic carbocycles. The number of unbranched alkanes of at least 4 members (excludes halogenated alkanes) is 1. The molecule has 0 radical (unpaired) electrons. The van der Waals surface area contributed by atoms with Gasteiger partial charge < -0.3 is 5.73 Å². The number of nitrogens with one attached hydrogen (secondary N) is 1. The van der Waals surface area contributed by atoms with Crippen LogP contribution in [0.5, 0.6) is 0 Å². The molecule has 0 bridgehead atoms. The van der Waals surface area contributed by atoms with Crippen LogP contribution in [0.4, 0.5) is 0 Å². The van der Waals surface area contributed by atoms with Crippen molar-refractivity contribution in [3.05, 3.63) is 34.3 Å². The first-order chi connectivity index (χ1) is 8.58. The van der Waals surface area contributed by atoms with Crippen molar-refractivity contribution in [1.29, 1.82) is 5.41 Å². The van der Waals surface area contributed by atoms with Crippen molar-refractivity contribution in [3.8, 4) is 0 Å². The largest absolute Gasteiger partial charge is 0.384 e. The molecule has 100 valence electrons. The van der Waals surface area contributed by atoms with Crippen LogP contribution in [-0.4, -0.2) is 23.8 Å². The van der Waals surface area contributed by atoms with Gasteiger partial charge in [0.15, 0.2) is 0 Å². The molecule has 18 heavy (non-hydrogen) atoms. The zero-order chi connectivity index (χ0) is 13.5. The fourth-order valence-corrected chi connectivity index (χ4v) is 2.05. The summed E-state index contributed by atoms with van der Waals surface area (Å²) in [5, 5.41) is 8.07. The molecular weight excluding hydrogens is 246 g/mol. The molecular formula is C14H22ClN3. The zero-order valence-corrected chi connectivity index (χ0v) is 11.9. The van der Waals surface area contributed by atoms with Gasteiger partial charge in [-0.3, -0.25) is 10.3 Å². The van der Waals surface area contributed by atoms with Crippen LogP contribution in [0, 0.1) is 5.41 Å². The lowest BCUT2D eigenvalue weighted by molar-refractivity contribution is 0.275. The van der Waals surface area contributed by atoms with Gasteiger partial charge in [0.25, 0.3) is 0 Å². The third-order valence-electron chi connectivity index (χ3n) is 3.03. The van der Waals surface area contributed by atoms with Gasteiger partial charge in [-0.15, -0.1) is 0 Å². The molecule has 0 aliphatic rings. The molecule has 3 N–H and O–H groups in total. The summed E-state index contributed by atoms with van der Waals surface area (Å²) >= 11 is 6.23. The lowest BCUT2D eigenvalue weighted by Crippen LogP contribution is -2.24. The maximum absolute atomic E-state index is 7.38. The van der Waals surface area contributed by atoms with E-state index in [1.807, 2.05) is 12.1 Å². The Kier molecular flexibility index (Phi) is 6.16. The molecule has 0 fully saturated rings. The number of nitrogen functional groups attached to an aromatic ring is 1. The maximum Gasteiger partial charge on any atom is 0.122 e. The number of nitrogens with zero attached hydrogens (tertiary/aromatic N) is 1. The highest BCUT2D eigenvalue weighted by molar-refractivity contribution is 6.31. The number of nitrogens with two attached hydrogens (primary N) is 1. The molecule has 0 unspecified atom stereocenters. The Morgan fingerprint density at radius 3 is 2.61 bits per heavy atom. The van der Waals surface area contributed by atoms with Crippen molar-refractivity contribution in [2.24, 2.45) is 5.73 Å². The van der Waals surface area contributed by atoms with Gasteiger partial charge in [0.05, 0.1) is 0 Å². The Hall–Kier alpha value is -1.06. The van der Waals surface area contributed by atoms with Crippen molar-refractivity contribution in [2.45, 2.75) is 33.2 Å². The van der Waals surface area contributed by atoms with Crippen LogP contribution >= 0.6 is 11.6 Å². The molecule has 1 aromatic carbocycles. The maximum atomic E-state index is 7.38. The van der Waals surface area contributed by atoms with Crippen molar-refractivity contribution in [2.75, 3.05) is 13.1 Å². The minimum Gasteiger partial charge on any atom is -0.384 e. The number of benzene rings is 1. The lowest BCUT2D eigenvalue weighted by atomic mass is 10.1. The molecule has 4 heteroatoms. The molecule has 0 aliphatic heterocycles. The summed E-state index contributed by atoms with van der Waals surface area (Å²) < 4.78 is 0. The zero-order valence-electron chi connectivity index (χ0n) is 11.2.